The third kappa shape index (κ3) is 6.07. The van der Waals surface area contributed by atoms with Crippen LogP contribution in [0, 0.1) is 17.0 Å². The van der Waals surface area contributed by atoms with E-state index >= 15 is 0 Å². The van der Waals surface area contributed by atoms with Crippen molar-refractivity contribution in [1.82, 2.24) is 20.0 Å². The summed E-state index contributed by atoms with van der Waals surface area (Å²) in [5.74, 6) is -5.01. The minimum Gasteiger partial charge on any atom is -0.509 e. The lowest BCUT2D eigenvalue weighted by atomic mass is 9.82. The van der Waals surface area contributed by atoms with Crippen molar-refractivity contribution >= 4 is 29.1 Å². The maximum atomic E-state index is 14.5. The zero-order valence-corrected chi connectivity index (χ0v) is 23.5. The van der Waals surface area contributed by atoms with Crippen LogP contribution in [0.25, 0.3) is 11.3 Å². The van der Waals surface area contributed by atoms with E-state index in [0.717, 1.165) is 11.1 Å². The summed E-state index contributed by atoms with van der Waals surface area (Å²) < 4.78 is 68.3. The summed E-state index contributed by atoms with van der Waals surface area (Å²) in [7, 11) is 1.46. The Bertz CT molecular complexity index is 1590. The highest BCUT2D eigenvalue weighted by atomic mass is 35.5. The number of nitrogens with one attached hydrogen (secondary N) is 1. The average Bonchev–Trinajstić information content (AvgIpc) is 2.88. The molecule has 0 saturated heterocycles. The molecule has 0 aliphatic carbocycles. The first-order chi connectivity index (χ1) is 19.5. The maximum absolute atomic E-state index is 14.5. The van der Waals surface area contributed by atoms with Crippen LogP contribution in [-0.4, -0.2) is 50.0 Å². The molecular weight excluding hydrogens is 585 g/mol. The van der Waals surface area contributed by atoms with E-state index in [1.165, 1.54) is 42.4 Å². The van der Waals surface area contributed by atoms with Crippen LogP contribution in [0.1, 0.15) is 32.0 Å². The smallest absolute Gasteiger partial charge is 0.433 e. The number of alkyl halides is 3. The van der Waals surface area contributed by atoms with Gasteiger partial charge in [-0.2, -0.15) is 13.2 Å². The molecule has 2 N–H and O–H groups in total. The van der Waals surface area contributed by atoms with Crippen molar-refractivity contribution in [1.29, 1.82) is 0 Å². The molecule has 0 radical (unpaired) electrons. The summed E-state index contributed by atoms with van der Waals surface area (Å²) in [4.78, 5) is 34.4. The normalized spacial score (nSPS) is 16.7. The van der Waals surface area contributed by atoms with Gasteiger partial charge in [-0.3, -0.25) is 14.6 Å². The van der Waals surface area contributed by atoms with E-state index in [1.807, 2.05) is 0 Å². The Morgan fingerprint density at radius 3 is 2.43 bits per heavy atom. The Kier molecular flexibility index (Phi) is 8.29. The van der Waals surface area contributed by atoms with Crippen molar-refractivity contribution in [2.45, 2.75) is 39.5 Å². The fourth-order valence-electron chi connectivity index (χ4n) is 4.72. The lowest BCUT2D eigenvalue weighted by Gasteiger charge is -2.46. The lowest BCUT2D eigenvalue weighted by molar-refractivity contribution is -0.158. The second-order valence-electron chi connectivity index (χ2n) is 10.6. The molecule has 0 bridgehead atoms. The maximum Gasteiger partial charge on any atom is 0.433 e. The molecule has 2 heterocycles. The van der Waals surface area contributed by atoms with Gasteiger partial charge in [-0.05, 0) is 35.7 Å². The number of hydrazine groups is 1. The third-order valence-corrected chi connectivity index (χ3v) is 6.82. The third-order valence-electron chi connectivity index (χ3n) is 6.58. The van der Waals surface area contributed by atoms with Crippen molar-refractivity contribution < 1.29 is 36.6 Å². The average molecular weight is 610 g/mol. The monoisotopic (exact) mass is 609 g/mol. The van der Waals surface area contributed by atoms with E-state index in [4.69, 9.17) is 11.6 Å². The minimum atomic E-state index is -4.77. The number of rotatable bonds is 5. The van der Waals surface area contributed by atoms with Gasteiger partial charge >= 0.3 is 6.18 Å². The molecule has 2 aromatic carbocycles. The fraction of sp³-hybridized carbons (Fsp3) is 0.286. The van der Waals surface area contributed by atoms with Crippen molar-refractivity contribution in [2.75, 3.05) is 12.4 Å². The quantitative estimate of drug-likeness (QED) is 0.266. The highest BCUT2D eigenvalue weighted by molar-refractivity contribution is 6.31. The predicted molar refractivity (Wildman–Crippen MR) is 144 cm³/mol. The Morgan fingerprint density at radius 1 is 1.10 bits per heavy atom. The number of aliphatic hydroxyl groups is 1. The lowest BCUT2D eigenvalue weighted by Crippen LogP contribution is -2.59. The van der Waals surface area contributed by atoms with Crippen LogP contribution >= 0.6 is 11.6 Å². The van der Waals surface area contributed by atoms with Crippen LogP contribution < -0.4 is 5.32 Å². The number of halogens is 6. The van der Waals surface area contributed by atoms with Gasteiger partial charge in [0.1, 0.15) is 23.4 Å². The number of aromatic nitrogens is 2. The first-order valence-electron chi connectivity index (χ1n) is 12.4. The van der Waals surface area contributed by atoms with Gasteiger partial charge in [0, 0.05) is 23.2 Å². The van der Waals surface area contributed by atoms with Gasteiger partial charge in [0.15, 0.2) is 11.6 Å². The van der Waals surface area contributed by atoms with Crippen molar-refractivity contribution in [3.8, 4) is 11.3 Å². The van der Waals surface area contributed by atoms with Gasteiger partial charge in [-0.25, -0.2) is 23.8 Å². The second kappa shape index (κ2) is 11.3. The molecule has 1 aliphatic rings. The van der Waals surface area contributed by atoms with E-state index in [9.17, 15) is 36.6 Å². The molecule has 1 aromatic heterocycles. The molecule has 2 amide bonds. The van der Waals surface area contributed by atoms with E-state index in [1.54, 1.807) is 20.8 Å². The molecule has 42 heavy (non-hydrogen) atoms. The molecule has 4 rings (SSSR count). The van der Waals surface area contributed by atoms with Crippen LogP contribution in [0.15, 0.2) is 60.1 Å². The predicted octanol–water partition coefficient (Wildman–Crippen LogP) is 6.15. The first-order valence-corrected chi connectivity index (χ1v) is 12.8. The minimum absolute atomic E-state index is 0.0183. The summed E-state index contributed by atoms with van der Waals surface area (Å²) in [6, 6.07) is 7.09. The van der Waals surface area contributed by atoms with E-state index < -0.39 is 64.7 Å². The zero-order valence-electron chi connectivity index (χ0n) is 22.7. The highest BCUT2D eigenvalue weighted by Crippen LogP contribution is 2.37. The van der Waals surface area contributed by atoms with Gasteiger partial charge in [-0.15, -0.1) is 0 Å². The van der Waals surface area contributed by atoms with Gasteiger partial charge < -0.3 is 10.4 Å². The number of benzene rings is 2. The molecular formula is C28H25ClF5N5O3. The largest absolute Gasteiger partial charge is 0.509 e. The first kappa shape index (κ1) is 30.8. The van der Waals surface area contributed by atoms with Crippen molar-refractivity contribution in [2.24, 2.45) is 5.41 Å². The Hall–Kier alpha value is -4.10. The summed E-state index contributed by atoms with van der Waals surface area (Å²) in [5, 5.41) is 16.1. The molecule has 1 unspecified atom stereocenters. The van der Waals surface area contributed by atoms with Gasteiger partial charge in [0.05, 0.1) is 24.0 Å². The Morgan fingerprint density at radius 2 is 1.79 bits per heavy atom. The van der Waals surface area contributed by atoms with Crippen LogP contribution in [0.3, 0.4) is 0 Å². The molecule has 0 spiro atoms. The SMILES string of the molecule is CN1C(C(C)(C)C)C(O)=C(C(=O)Nc2ccc(Cl)cc2-c2cc(C(F)(F)F)ncn2)C(=O)N1Cc1cccc(F)c1F. The van der Waals surface area contributed by atoms with Gasteiger partial charge in [-0.1, -0.05) is 44.5 Å². The highest BCUT2D eigenvalue weighted by Gasteiger charge is 2.46. The van der Waals surface area contributed by atoms with Crippen LogP contribution in [0.4, 0.5) is 27.6 Å². The van der Waals surface area contributed by atoms with Crippen LogP contribution in [0.2, 0.25) is 5.02 Å². The molecule has 222 valence electrons. The van der Waals surface area contributed by atoms with E-state index in [2.05, 4.69) is 15.3 Å². The second-order valence-corrected chi connectivity index (χ2v) is 11.0. The standard InChI is InChI=1S/C28H25ClF5N5O3/c1-27(2,3)24-23(40)21(26(42)39(38(24)4)12-14-6-5-7-17(30)22(14)31)25(41)37-18-9-8-15(29)10-16(18)19-11-20(28(32,33)34)36-13-35-19/h5-11,13,24,40H,12H2,1-4H3,(H,37,41). The number of carbonyl (C=O) groups excluding carboxylic acids is 2. The summed E-state index contributed by atoms with van der Waals surface area (Å²) in [5.41, 5.74) is -3.18. The van der Waals surface area contributed by atoms with Crippen molar-refractivity contribution in [3.63, 3.8) is 0 Å². The van der Waals surface area contributed by atoms with Crippen molar-refractivity contribution in [3.05, 3.63) is 88.0 Å². The number of anilines is 1. The number of hydrogen-bond acceptors (Lipinski definition) is 6. The Labute approximate surface area is 242 Å². The molecule has 3 aromatic rings. The fourth-order valence-corrected chi connectivity index (χ4v) is 4.89. The summed E-state index contributed by atoms with van der Waals surface area (Å²) >= 11 is 6.08. The number of carbonyl (C=O) groups is 2. The number of likely N-dealkylation sites (N-methyl/N-ethyl adjacent to an activating group) is 1. The number of nitrogens with zero attached hydrogens (tertiary/aromatic N) is 4. The summed E-state index contributed by atoms with van der Waals surface area (Å²) in [6.07, 6.45) is -4.07. The molecule has 14 heteroatoms. The molecule has 1 aliphatic heterocycles. The number of aliphatic hydroxyl groups excluding tert-OH is 1. The van der Waals surface area contributed by atoms with Gasteiger partial charge in [0.25, 0.3) is 11.8 Å². The topological polar surface area (TPSA) is 98.7 Å². The molecule has 8 nitrogen and oxygen atoms in total. The summed E-state index contributed by atoms with van der Waals surface area (Å²) in [6.45, 7) is 4.74. The van der Waals surface area contributed by atoms with Crippen LogP contribution in [-0.2, 0) is 22.3 Å². The molecule has 0 saturated carbocycles. The Balaban J connectivity index is 1.77. The van der Waals surface area contributed by atoms with E-state index in [-0.39, 0.29) is 27.5 Å². The molecule has 1 atom stereocenters. The van der Waals surface area contributed by atoms with Gasteiger partial charge in [0.2, 0.25) is 0 Å². The van der Waals surface area contributed by atoms with Crippen LogP contribution in [0.5, 0.6) is 0 Å². The number of amides is 2. The zero-order chi connectivity index (χ0) is 31.1. The van der Waals surface area contributed by atoms with E-state index in [0.29, 0.717) is 12.4 Å². The number of hydrogen-bond donors (Lipinski definition) is 2. The molecule has 0 fully saturated rings.